The van der Waals surface area contributed by atoms with E-state index in [4.69, 9.17) is 9.15 Å². The normalized spacial score (nSPS) is 11.0. The van der Waals surface area contributed by atoms with Crippen LogP contribution in [-0.4, -0.2) is 6.61 Å². The van der Waals surface area contributed by atoms with Gasteiger partial charge in [-0.2, -0.15) is 0 Å². The lowest BCUT2D eigenvalue weighted by atomic mass is 10.1. The van der Waals surface area contributed by atoms with Gasteiger partial charge in [-0.1, -0.05) is 56.3 Å². The first-order valence-electron chi connectivity index (χ1n) is 7.41. The highest BCUT2D eigenvalue weighted by Gasteiger charge is 2.17. The van der Waals surface area contributed by atoms with Crippen molar-refractivity contribution in [1.82, 2.24) is 0 Å². The molecular weight excluding hydrogens is 276 g/mol. The molecule has 0 aliphatic rings. The van der Waals surface area contributed by atoms with Crippen molar-refractivity contribution in [2.45, 2.75) is 13.8 Å². The zero-order valence-corrected chi connectivity index (χ0v) is 12.7. The minimum atomic E-state index is -0.124. The molecule has 0 atom stereocenters. The Morgan fingerprint density at radius 3 is 2.41 bits per heavy atom. The molecule has 2 aromatic carbocycles. The molecule has 1 heterocycles. The van der Waals surface area contributed by atoms with Gasteiger partial charge in [0.1, 0.15) is 5.58 Å². The summed E-state index contributed by atoms with van der Waals surface area (Å²) in [5.41, 5.74) is 1.29. The molecule has 3 heteroatoms. The van der Waals surface area contributed by atoms with E-state index in [-0.39, 0.29) is 5.43 Å². The van der Waals surface area contributed by atoms with Crippen molar-refractivity contribution in [2.75, 3.05) is 6.61 Å². The molecule has 0 spiro atoms. The Morgan fingerprint density at radius 2 is 1.68 bits per heavy atom. The molecular formula is C19H18O3. The molecule has 112 valence electrons. The van der Waals surface area contributed by atoms with E-state index in [2.05, 4.69) is 0 Å². The molecule has 0 fully saturated rings. The first kappa shape index (κ1) is 14.4. The van der Waals surface area contributed by atoms with E-state index in [1.54, 1.807) is 12.1 Å². The van der Waals surface area contributed by atoms with Crippen LogP contribution in [0.4, 0.5) is 0 Å². The number of hydrogen-bond donors (Lipinski definition) is 0. The van der Waals surface area contributed by atoms with E-state index >= 15 is 0 Å². The summed E-state index contributed by atoms with van der Waals surface area (Å²) in [5.74, 6) is 1.11. The van der Waals surface area contributed by atoms with E-state index in [9.17, 15) is 4.79 Å². The maximum Gasteiger partial charge on any atom is 0.235 e. The summed E-state index contributed by atoms with van der Waals surface area (Å²) >= 11 is 0. The third-order valence-corrected chi connectivity index (χ3v) is 3.35. The summed E-state index contributed by atoms with van der Waals surface area (Å²) in [6, 6.07) is 16.8. The Balaban J connectivity index is 2.24. The van der Waals surface area contributed by atoms with Gasteiger partial charge in [-0.15, -0.1) is 0 Å². The monoisotopic (exact) mass is 294 g/mol. The van der Waals surface area contributed by atoms with Crippen LogP contribution < -0.4 is 10.2 Å². The zero-order chi connectivity index (χ0) is 15.5. The van der Waals surface area contributed by atoms with Crippen LogP contribution in [0, 0.1) is 5.92 Å². The molecule has 0 aliphatic carbocycles. The molecule has 1 aromatic heterocycles. The Morgan fingerprint density at radius 1 is 1.00 bits per heavy atom. The van der Waals surface area contributed by atoms with Gasteiger partial charge in [0.05, 0.1) is 12.0 Å². The summed E-state index contributed by atoms with van der Waals surface area (Å²) in [6.45, 7) is 4.57. The number of rotatable bonds is 4. The summed E-state index contributed by atoms with van der Waals surface area (Å²) in [4.78, 5) is 12.8. The lowest BCUT2D eigenvalue weighted by Gasteiger charge is -2.13. The summed E-state index contributed by atoms with van der Waals surface area (Å²) < 4.78 is 11.8. The van der Waals surface area contributed by atoms with Gasteiger partial charge in [0.15, 0.2) is 5.76 Å². The van der Waals surface area contributed by atoms with Gasteiger partial charge in [0.25, 0.3) is 0 Å². The lowest BCUT2D eigenvalue weighted by Crippen LogP contribution is -2.13. The largest absolute Gasteiger partial charge is 0.486 e. The molecule has 0 radical (unpaired) electrons. The van der Waals surface area contributed by atoms with Gasteiger partial charge in [-0.3, -0.25) is 4.79 Å². The quantitative estimate of drug-likeness (QED) is 0.711. The average Bonchev–Trinajstić information content (AvgIpc) is 2.54. The minimum absolute atomic E-state index is 0.124. The predicted octanol–water partition coefficient (Wildman–Crippen LogP) is 4.49. The molecule has 0 N–H and O–H groups in total. The van der Waals surface area contributed by atoms with Gasteiger partial charge in [0.2, 0.25) is 11.2 Å². The SMILES string of the molecule is CC(C)COc1c(-c2ccccc2)oc2ccccc2c1=O. The van der Waals surface area contributed by atoms with Crippen molar-refractivity contribution < 1.29 is 9.15 Å². The Labute approximate surface area is 129 Å². The standard InChI is InChI=1S/C19H18O3/c1-13(2)12-21-19-17(20)15-10-6-7-11-16(15)22-18(19)14-8-4-3-5-9-14/h3-11,13H,12H2,1-2H3. The molecule has 0 saturated carbocycles. The molecule has 0 bridgehead atoms. The number of hydrogen-bond acceptors (Lipinski definition) is 3. The fourth-order valence-corrected chi connectivity index (χ4v) is 2.29. The summed E-state index contributed by atoms with van der Waals surface area (Å²) in [5, 5.41) is 0.543. The maximum atomic E-state index is 12.8. The second-order valence-corrected chi connectivity index (χ2v) is 5.66. The van der Waals surface area contributed by atoms with Crippen LogP contribution in [0.5, 0.6) is 5.75 Å². The fourth-order valence-electron chi connectivity index (χ4n) is 2.29. The second kappa shape index (κ2) is 6.06. The Bertz CT molecular complexity index is 832. The van der Waals surface area contributed by atoms with Gasteiger partial charge in [0, 0.05) is 5.56 Å². The summed E-state index contributed by atoms with van der Waals surface area (Å²) in [7, 11) is 0. The van der Waals surface area contributed by atoms with E-state index in [1.165, 1.54) is 0 Å². The molecule has 0 saturated heterocycles. The number of para-hydroxylation sites is 1. The van der Waals surface area contributed by atoms with E-state index in [0.29, 0.717) is 35.0 Å². The third-order valence-electron chi connectivity index (χ3n) is 3.35. The highest BCUT2D eigenvalue weighted by molar-refractivity contribution is 5.81. The topological polar surface area (TPSA) is 39.4 Å². The van der Waals surface area contributed by atoms with Crippen molar-refractivity contribution in [1.29, 1.82) is 0 Å². The number of benzene rings is 2. The van der Waals surface area contributed by atoms with Gasteiger partial charge < -0.3 is 9.15 Å². The maximum absolute atomic E-state index is 12.8. The van der Waals surface area contributed by atoms with Crippen LogP contribution in [0.1, 0.15) is 13.8 Å². The van der Waals surface area contributed by atoms with Crippen molar-refractivity contribution in [3.63, 3.8) is 0 Å². The third kappa shape index (κ3) is 2.75. The number of fused-ring (bicyclic) bond motifs is 1. The van der Waals surface area contributed by atoms with Crippen molar-refractivity contribution in [3.05, 3.63) is 64.8 Å². The fraction of sp³-hybridized carbons (Fsp3) is 0.211. The van der Waals surface area contributed by atoms with Crippen LogP contribution >= 0.6 is 0 Å². The van der Waals surface area contributed by atoms with E-state index < -0.39 is 0 Å². The average molecular weight is 294 g/mol. The molecule has 22 heavy (non-hydrogen) atoms. The van der Waals surface area contributed by atoms with Crippen molar-refractivity contribution in [2.24, 2.45) is 5.92 Å². The molecule has 0 unspecified atom stereocenters. The summed E-state index contributed by atoms with van der Waals surface area (Å²) in [6.07, 6.45) is 0. The van der Waals surface area contributed by atoms with Crippen LogP contribution in [0.3, 0.4) is 0 Å². The minimum Gasteiger partial charge on any atom is -0.486 e. The Kier molecular flexibility index (Phi) is 3.96. The lowest BCUT2D eigenvalue weighted by molar-refractivity contribution is 0.265. The predicted molar refractivity (Wildman–Crippen MR) is 88.3 cm³/mol. The molecule has 3 nitrogen and oxygen atoms in total. The van der Waals surface area contributed by atoms with Crippen LogP contribution in [-0.2, 0) is 0 Å². The smallest absolute Gasteiger partial charge is 0.235 e. The zero-order valence-electron chi connectivity index (χ0n) is 12.7. The van der Waals surface area contributed by atoms with Crippen LogP contribution in [0.25, 0.3) is 22.3 Å². The Hall–Kier alpha value is -2.55. The molecule has 3 rings (SSSR count). The van der Waals surface area contributed by atoms with Crippen molar-refractivity contribution in [3.8, 4) is 17.1 Å². The van der Waals surface area contributed by atoms with E-state index in [0.717, 1.165) is 5.56 Å². The number of ether oxygens (including phenoxy) is 1. The van der Waals surface area contributed by atoms with Crippen LogP contribution in [0.15, 0.2) is 63.8 Å². The van der Waals surface area contributed by atoms with E-state index in [1.807, 2.05) is 56.3 Å². The first-order chi connectivity index (χ1) is 10.7. The van der Waals surface area contributed by atoms with Crippen molar-refractivity contribution >= 4 is 11.0 Å². The van der Waals surface area contributed by atoms with Crippen LogP contribution in [0.2, 0.25) is 0 Å². The highest BCUT2D eigenvalue weighted by atomic mass is 16.5. The molecule has 0 aliphatic heterocycles. The first-order valence-corrected chi connectivity index (χ1v) is 7.41. The molecule has 0 amide bonds. The van der Waals surface area contributed by atoms with Gasteiger partial charge in [-0.05, 0) is 18.1 Å². The highest BCUT2D eigenvalue weighted by Crippen LogP contribution is 2.30. The molecule has 3 aromatic rings. The van der Waals surface area contributed by atoms with Gasteiger partial charge >= 0.3 is 0 Å². The second-order valence-electron chi connectivity index (χ2n) is 5.66. The van der Waals surface area contributed by atoms with Gasteiger partial charge in [-0.25, -0.2) is 0 Å².